The molecule has 2 saturated heterocycles. The summed E-state index contributed by atoms with van der Waals surface area (Å²) in [5, 5.41) is -0.370. The van der Waals surface area contributed by atoms with Crippen molar-refractivity contribution in [3.8, 4) is 11.1 Å². The molecule has 0 aromatic heterocycles. The predicted octanol–water partition coefficient (Wildman–Crippen LogP) is 5.13. The number of primary amides is 1. The van der Waals surface area contributed by atoms with E-state index in [4.69, 9.17) is 22.1 Å². The Hall–Kier alpha value is -3.90. The molecule has 46 heavy (non-hydrogen) atoms. The summed E-state index contributed by atoms with van der Waals surface area (Å²) in [5.74, 6) is -2.89. The van der Waals surface area contributed by atoms with Gasteiger partial charge in [0.25, 0.3) is 0 Å². The average Bonchev–Trinajstić information content (AvgIpc) is 3.32. The third-order valence-corrected chi connectivity index (χ3v) is 10.9. The third kappa shape index (κ3) is 5.55. The zero-order valence-electron chi connectivity index (χ0n) is 25.8. The number of nitrogens with zero attached hydrogens (tertiary/aromatic N) is 3. The average molecular weight is 673 g/mol. The van der Waals surface area contributed by atoms with E-state index in [1.54, 1.807) is 30.6 Å². The van der Waals surface area contributed by atoms with Gasteiger partial charge in [0.05, 0.1) is 39.9 Å². The fraction of sp³-hybridized carbons (Fsp3) is 0.394. The Morgan fingerprint density at radius 3 is 2.26 bits per heavy atom. The van der Waals surface area contributed by atoms with Gasteiger partial charge in [-0.25, -0.2) is 22.0 Å². The van der Waals surface area contributed by atoms with Gasteiger partial charge in [-0.15, -0.1) is 0 Å². The van der Waals surface area contributed by atoms with Crippen molar-refractivity contribution in [2.24, 2.45) is 5.73 Å². The minimum absolute atomic E-state index is 0.00275. The molecule has 3 aromatic rings. The number of hydrogen-bond donors (Lipinski definition) is 1. The lowest BCUT2D eigenvalue weighted by Gasteiger charge is -2.48. The Bertz CT molecular complexity index is 1840. The zero-order valence-corrected chi connectivity index (χ0v) is 27.4. The molecule has 0 bridgehead atoms. The summed E-state index contributed by atoms with van der Waals surface area (Å²) in [4.78, 5) is 31.3. The van der Waals surface area contributed by atoms with Gasteiger partial charge in [-0.1, -0.05) is 41.9 Å². The van der Waals surface area contributed by atoms with E-state index in [1.165, 1.54) is 18.2 Å². The quantitative estimate of drug-likeness (QED) is 0.409. The largest absolute Gasteiger partial charge is 0.444 e. The number of piperazine rings is 1. The maximum absolute atomic E-state index is 16.8. The number of halogens is 3. The van der Waals surface area contributed by atoms with Crippen LogP contribution in [0.25, 0.3) is 11.1 Å². The second kappa shape index (κ2) is 11.4. The first kappa shape index (κ1) is 32.1. The number of rotatable bonds is 4. The first-order valence-corrected chi connectivity index (χ1v) is 17.2. The van der Waals surface area contributed by atoms with Gasteiger partial charge in [0.1, 0.15) is 11.4 Å². The van der Waals surface area contributed by atoms with Crippen molar-refractivity contribution in [3.05, 3.63) is 81.9 Å². The van der Waals surface area contributed by atoms with Crippen molar-refractivity contribution < 1.29 is 31.5 Å². The van der Waals surface area contributed by atoms with Crippen LogP contribution in [0.3, 0.4) is 0 Å². The van der Waals surface area contributed by atoms with Crippen molar-refractivity contribution in [2.75, 3.05) is 54.0 Å². The number of benzene rings is 3. The summed E-state index contributed by atoms with van der Waals surface area (Å²) in [7, 11) is -3.26. The van der Waals surface area contributed by atoms with Crippen LogP contribution in [0.1, 0.15) is 42.3 Å². The number of ether oxygens (including phenoxy) is 1. The molecule has 244 valence electrons. The Morgan fingerprint density at radius 2 is 1.63 bits per heavy atom. The van der Waals surface area contributed by atoms with E-state index in [0.717, 1.165) is 5.56 Å². The van der Waals surface area contributed by atoms with Gasteiger partial charge in [-0.05, 0) is 50.1 Å². The summed E-state index contributed by atoms with van der Waals surface area (Å²) in [6, 6.07) is 13.5. The van der Waals surface area contributed by atoms with Crippen molar-refractivity contribution in [3.63, 3.8) is 0 Å². The second-order valence-corrected chi connectivity index (χ2v) is 15.7. The molecule has 1 atom stereocenters. The number of sulfone groups is 1. The summed E-state index contributed by atoms with van der Waals surface area (Å²) < 4.78 is 62.5. The van der Waals surface area contributed by atoms with Crippen LogP contribution in [-0.4, -0.2) is 75.1 Å². The second-order valence-electron chi connectivity index (χ2n) is 13.0. The van der Waals surface area contributed by atoms with Crippen LogP contribution in [0.5, 0.6) is 0 Å². The minimum Gasteiger partial charge on any atom is -0.444 e. The first-order valence-electron chi connectivity index (χ1n) is 15.0. The van der Waals surface area contributed by atoms with Crippen molar-refractivity contribution in [1.29, 1.82) is 0 Å². The third-order valence-electron chi connectivity index (χ3n) is 8.91. The van der Waals surface area contributed by atoms with E-state index in [1.807, 2.05) is 35.2 Å². The lowest BCUT2D eigenvalue weighted by Crippen LogP contribution is -2.60. The Labute approximate surface area is 271 Å². The normalized spacial score (nSPS) is 20.7. The van der Waals surface area contributed by atoms with Crippen molar-refractivity contribution >= 4 is 44.8 Å². The molecule has 3 heterocycles. The predicted molar refractivity (Wildman–Crippen MR) is 173 cm³/mol. The molecule has 2 N–H and O–H groups in total. The topological polar surface area (TPSA) is 113 Å². The highest BCUT2D eigenvalue weighted by Gasteiger charge is 2.51. The lowest BCUT2D eigenvalue weighted by atomic mass is 9.82. The Morgan fingerprint density at radius 1 is 0.957 bits per heavy atom. The van der Waals surface area contributed by atoms with Crippen LogP contribution in [-0.2, 0) is 26.5 Å². The molecule has 0 spiro atoms. The summed E-state index contributed by atoms with van der Waals surface area (Å²) in [6.07, 6.45) is -0.286. The van der Waals surface area contributed by atoms with Gasteiger partial charge in [0, 0.05) is 49.4 Å². The Balaban J connectivity index is 1.53. The number of carbonyl (C=O) groups is 2. The smallest absolute Gasteiger partial charge is 0.410 e. The van der Waals surface area contributed by atoms with Gasteiger partial charge in [-0.3, -0.25) is 4.79 Å². The van der Waals surface area contributed by atoms with Crippen LogP contribution >= 0.6 is 11.6 Å². The number of carbonyl (C=O) groups excluding carboxylic acids is 2. The molecule has 3 aromatic carbocycles. The number of hydrogen-bond acceptors (Lipinski definition) is 7. The summed E-state index contributed by atoms with van der Waals surface area (Å²) in [5.41, 5.74) is 5.59. The van der Waals surface area contributed by atoms with Crippen LogP contribution in [0.15, 0.2) is 48.5 Å². The lowest BCUT2D eigenvalue weighted by molar-refractivity contribution is 0.0164. The molecule has 0 radical (unpaired) electrons. The van der Waals surface area contributed by atoms with E-state index in [0.29, 0.717) is 17.8 Å². The first-order chi connectivity index (χ1) is 21.6. The summed E-state index contributed by atoms with van der Waals surface area (Å²) >= 11 is 6.69. The fourth-order valence-corrected chi connectivity index (χ4v) is 8.30. The van der Waals surface area contributed by atoms with Crippen LogP contribution in [0, 0.1) is 11.6 Å². The number of nitrogens with two attached hydrogens (primary N) is 1. The standard InChI is InChI=1S/C33H35ClF2N4O5S/c1-32(2,3)45-31(42)39-11-12-40-25-17-23(35)28(34)26(22(25)18-33(40,19-39)20-7-5-4-6-8-20)27-21(30(37)41)9-10-24(29(27)36)38-13-15-46(43,44)16-14-38/h4-10,17H,11-16,18-19H2,1-3H3,(H2,37,41). The van der Waals surface area contributed by atoms with Gasteiger partial charge < -0.3 is 25.2 Å². The fourth-order valence-electron chi connectivity index (χ4n) is 6.83. The molecular formula is C33H35ClF2N4O5S. The van der Waals surface area contributed by atoms with Gasteiger partial charge in [-0.2, -0.15) is 0 Å². The molecule has 0 aliphatic carbocycles. The molecule has 6 rings (SSSR count). The monoisotopic (exact) mass is 672 g/mol. The van der Waals surface area contributed by atoms with E-state index >= 15 is 8.78 Å². The number of fused-ring (bicyclic) bond motifs is 3. The van der Waals surface area contributed by atoms with Crippen LogP contribution in [0.4, 0.5) is 25.0 Å². The molecular weight excluding hydrogens is 638 g/mol. The highest BCUT2D eigenvalue weighted by molar-refractivity contribution is 7.91. The molecule has 0 saturated carbocycles. The van der Waals surface area contributed by atoms with Gasteiger partial charge in [0.2, 0.25) is 5.91 Å². The van der Waals surface area contributed by atoms with Gasteiger partial charge in [0.15, 0.2) is 15.7 Å². The van der Waals surface area contributed by atoms with Crippen LogP contribution < -0.4 is 15.5 Å². The van der Waals surface area contributed by atoms with Crippen molar-refractivity contribution in [2.45, 2.75) is 38.3 Å². The van der Waals surface area contributed by atoms with Gasteiger partial charge >= 0.3 is 6.09 Å². The highest BCUT2D eigenvalue weighted by atomic mass is 35.5. The van der Waals surface area contributed by atoms with E-state index < -0.39 is 44.6 Å². The zero-order chi connectivity index (χ0) is 33.2. The molecule has 2 amide bonds. The molecule has 2 fully saturated rings. The highest BCUT2D eigenvalue weighted by Crippen LogP contribution is 2.53. The minimum atomic E-state index is -3.26. The molecule has 13 heteroatoms. The molecule has 3 aliphatic heterocycles. The maximum atomic E-state index is 16.8. The molecule has 1 unspecified atom stereocenters. The summed E-state index contributed by atoms with van der Waals surface area (Å²) in [6.45, 7) is 6.26. The Kier molecular flexibility index (Phi) is 7.95. The molecule has 9 nitrogen and oxygen atoms in total. The van der Waals surface area contributed by atoms with E-state index in [9.17, 15) is 18.0 Å². The molecule has 3 aliphatic rings. The number of anilines is 2. The maximum Gasteiger partial charge on any atom is 0.410 e. The van der Waals surface area contributed by atoms with E-state index in [2.05, 4.69) is 0 Å². The van der Waals surface area contributed by atoms with Crippen molar-refractivity contribution in [1.82, 2.24) is 4.90 Å². The SMILES string of the molecule is CC(C)(C)OC(=O)N1CCN2c3cc(F)c(Cl)c(-c4c(C(N)=O)ccc(N5CCS(=O)(=O)CC5)c4F)c3CC2(c2ccccc2)C1. The number of amides is 2. The van der Waals surface area contributed by atoms with E-state index in [-0.39, 0.29) is 71.5 Å². The van der Waals surface area contributed by atoms with Crippen LogP contribution in [0.2, 0.25) is 5.02 Å².